The third-order valence-corrected chi connectivity index (χ3v) is 3.55. The van der Waals surface area contributed by atoms with Gasteiger partial charge in [-0.25, -0.2) is 0 Å². The predicted octanol–water partition coefficient (Wildman–Crippen LogP) is 3.67. The van der Waals surface area contributed by atoms with Crippen LogP contribution >= 0.6 is 0 Å². The first-order chi connectivity index (χ1) is 8.26. The minimum Gasteiger partial charge on any atom is -0.324 e. The van der Waals surface area contributed by atoms with E-state index < -0.39 is 0 Å². The Labute approximate surface area is 103 Å². The van der Waals surface area contributed by atoms with E-state index in [0.29, 0.717) is 5.92 Å². The van der Waals surface area contributed by atoms with Crippen LogP contribution in [0.4, 0.5) is 0 Å². The molecule has 90 valence electrons. The summed E-state index contributed by atoms with van der Waals surface area (Å²) in [7, 11) is 0. The molecule has 0 aliphatic heterocycles. The van der Waals surface area contributed by atoms with Gasteiger partial charge in [0, 0.05) is 17.6 Å². The van der Waals surface area contributed by atoms with Crippen LogP contribution in [0, 0.1) is 5.92 Å². The predicted molar refractivity (Wildman–Crippen MR) is 72.7 cm³/mol. The van der Waals surface area contributed by atoms with Crippen LogP contribution in [0.5, 0.6) is 0 Å². The summed E-state index contributed by atoms with van der Waals surface area (Å²) in [4.78, 5) is 4.47. The Kier molecular flexibility index (Phi) is 3.75. The number of fused-ring (bicyclic) bond motifs is 1. The molecule has 1 heterocycles. The Morgan fingerprint density at radius 2 is 1.88 bits per heavy atom. The maximum Gasteiger partial charge on any atom is 0.0702 e. The second-order valence-electron chi connectivity index (χ2n) is 4.56. The highest BCUT2D eigenvalue weighted by Gasteiger charge is 2.16. The Hall–Kier alpha value is -1.41. The molecule has 0 fully saturated rings. The van der Waals surface area contributed by atoms with Crippen molar-refractivity contribution in [2.24, 2.45) is 11.7 Å². The molecular weight excluding hydrogens is 208 g/mol. The highest BCUT2D eigenvalue weighted by Crippen LogP contribution is 2.26. The smallest absolute Gasteiger partial charge is 0.0702 e. The highest BCUT2D eigenvalue weighted by molar-refractivity contribution is 5.78. The van der Waals surface area contributed by atoms with Gasteiger partial charge in [0.25, 0.3) is 0 Å². The van der Waals surface area contributed by atoms with Gasteiger partial charge in [-0.2, -0.15) is 0 Å². The number of hydrogen-bond acceptors (Lipinski definition) is 2. The molecule has 0 radical (unpaired) electrons. The minimum atomic E-state index is 0.0992. The number of aromatic nitrogens is 1. The Morgan fingerprint density at radius 3 is 2.59 bits per heavy atom. The summed E-state index contributed by atoms with van der Waals surface area (Å²) in [5, 5.41) is 1.17. The SMILES string of the molecule is CCC(CC)C(N)c1cnc2ccccc2c1. The molecule has 1 unspecified atom stereocenters. The third kappa shape index (κ3) is 2.47. The maximum absolute atomic E-state index is 6.31. The van der Waals surface area contributed by atoms with Crippen LogP contribution < -0.4 is 5.73 Å². The summed E-state index contributed by atoms with van der Waals surface area (Å²) < 4.78 is 0. The summed E-state index contributed by atoms with van der Waals surface area (Å²) in [5.41, 5.74) is 8.50. The highest BCUT2D eigenvalue weighted by atomic mass is 14.7. The van der Waals surface area contributed by atoms with Gasteiger partial charge in [0.1, 0.15) is 0 Å². The van der Waals surface area contributed by atoms with Crippen LogP contribution in [0.2, 0.25) is 0 Å². The third-order valence-electron chi connectivity index (χ3n) is 3.55. The standard InChI is InChI=1S/C15H20N2/c1-3-11(4-2)15(16)13-9-12-7-5-6-8-14(12)17-10-13/h5-11,15H,3-4,16H2,1-2H3. The van der Waals surface area contributed by atoms with E-state index in [4.69, 9.17) is 5.73 Å². The zero-order chi connectivity index (χ0) is 12.3. The van der Waals surface area contributed by atoms with Crippen molar-refractivity contribution in [2.75, 3.05) is 0 Å². The van der Waals surface area contributed by atoms with E-state index in [1.165, 1.54) is 5.39 Å². The quantitative estimate of drug-likeness (QED) is 0.867. The maximum atomic E-state index is 6.31. The van der Waals surface area contributed by atoms with Crippen molar-refractivity contribution in [3.63, 3.8) is 0 Å². The average Bonchev–Trinajstić information content (AvgIpc) is 2.39. The molecular formula is C15H20N2. The molecule has 2 aromatic rings. The molecule has 2 heteroatoms. The molecule has 2 rings (SSSR count). The van der Waals surface area contributed by atoms with Crippen LogP contribution in [0.25, 0.3) is 10.9 Å². The molecule has 0 amide bonds. The van der Waals surface area contributed by atoms with Crippen molar-refractivity contribution in [2.45, 2.75) is 32.7 Å². The fourth-order valence-electron chi connectivity index (χ4n) is 2.34. The van der Waals surface area contributed by atoms with Crippen molar-refractivity contribution in [3.05, 3.63) is 42.1 Å². The molecule has 0 aliphatic rings. The average molecular weight is 228 g/mol. The number of hydrogen-bond donors (Lipinski definition) is 1. The molecule has 0 saturated carbocycles. The molecule has 0 bridgehead atoms. The normalized spacial score (nSPS) is 13.2. The van der Waals surface area contributed by atoms with Gasteiger partial charge in [-0.1, -0.05) is 44.9 Å². The summed E-state index contributed by atoms with van der Waals surface area (Å²) in [6.45, 7) is 4.39. The van der Waals surface area contributed by atoms with Gasteiger partial charge in [-0.3, -0.25) is 4.98 Å². The molecule has 0 saturated heterocycles. The molecule has 2 N–H and O–H groups in total. The van der Waals surface area contributed by atoms with Crippen molar-refractivity contribution in [1.82, 2.24) is 4.98 Å². The number of pyridine rings is 1. The van der Waals surface area contributed by atoms with Gasteiger partial charge in [0.05, 0.1) is 5.52 Å². The van der Waals surface area contributed by atoms with Gasteiger partial charge in [-0.15, -0.1) is 0 Å². The van der Waals surface area contributed by atoms with E-state index >= 15 is 0 Å². The molecule has 1 atom stereocenters. The van der Waals surface area contributed by atoms with E-state index in [9.17, 15) is 0 Å². The zero-order valence-electron chi connectivity index (χ0n) is 10.6. The number of para-hydroxylation sites is 1. The summed E-state index contributed by atoms with van der Waals surface area (Å²) in [6.07, 6.45) is 4.15. The summed E-state index contributed by atoms with van der Waals surface area (Å²) in [5.74, 6) is 0.540. The largest absolute Gasteiger partial charge is 0.324 e. The van der Waals surface area contributed by atoms with Crippen LogP contribution in [0.3, 0.4) is 0 Å². The fraction of sp³-hybridized carbons (Fsp3) is 0.400. The Bertz CT molecular complexity index is 489. The van der Waals surface area contributed by atoms with Crippen molar-refractivity contribution in [3.8, 4) is 0 Å². The summed E-state index contributed by atoms with van der Waals surface area (Å²) in [6, 6.07) is 10.4. The number of nitrogens with zero attached hydrogens (tertiary/aromatic N) is 1. The Morgan fingerprint density at radius 1 is 1.18 bits per heavy atom. The Balaban J connectivity index is 2.35. The van der Waals surface area contributed by atoms with Gasteiger partial charge in [-0.05, 0) is 23.6 Å². The minimum absolute atomic E-state index is 0.0992. The van der Waals surface area contributed by atoms with Gasteiger partial charge in [0.2, 0.25) is 0 Å². The van der Waals surface area contributed by atoms with E-state index in [0.717, 1.165) is 23.9 Å². The molecule has 1 aromatic carbocycles. The number of benzene rings is 1. The van der Waals surface area contributed by atoms with E-state index in [-0.39, 0.29) is 6.04 Å². The van der Waals surface area contributed by atoms with Gasteiger partial charge < -0.3 is 5.73 Å². The van der Waals surface area contributed by atoms with Crippen LogP contribution in [-0.2, 0) is 0 Å². The van der Waals surface area contributed by atoms with E-state index in [1.54, 1.807) is 0 Å². The summed E-state index contributed by atoms with van der Waals surface area (Å²) >= 11 is 0. The second-order valence-corrected chi connectivity index (χ2v) is 4.56. The lowest BCUT2D eigenvalue weighted by atomic mass is 9.90. The van der Waals surface area contributed by atoms with Crippen LogP contribution in [0.1, 0.15) is 38.3 Å². The molecule has 0 aliphatic carbocycles. The van der Waals surface area contributed by atoms with Crippen molar-refractivity contribution >= 4 is 10.9 Å². The molecule has 1 aromatic heterocycles. The molecule has 2 nitrogen and oxygen atoms in total. The fourth-order valence-corrected chi connectivity index (χ4v) is 2.34. The first-order valence-corrected chi connectivity index (χ1v) is 6.36. The van der Waals surface area contributed by atoms with Gasteiger partial charge in [0.15, 0.2) is 0 Å². The number of nitrogens with two attached hydrogens (primary N) is 1. The first kappa shape index (κ1) is 12.1. The lowest BCUT2D eigenvalue weighted by Gasteiger charge is -2.21. The first-order valence-electron chi connectivity index (χ1n) is 6.36. The molecule has 17 heavy (non-hydrogen) atoms. The zero-order valence-corrected chi connectivity index (χ0v) is 10.6. The molecule has 0 spiro atoms. The number of rotatable bonds is 4. The van der Waals surface area contributed by atoms with Crippen molar-refractivity contribution < 1.29 is 0 Å². The van der Waals surface area contributed by atoms with Crippen molar-refractivity contribution in [1.29, 1.82) is 0 Å². The second kappa shape index (κ2) is 5.28. The lowest BCUT2D eigenvalue weighted by molar-refractivity contribution is 0.405. The van der Waals surface area contributed by atoms with E-state index in [1.807, 2.05) is 24.4 Å². The van der Waals surface area contributed by atoms with Gasteiger partial charge >= 0.3 is 0 Å². The lowest BCUT2D eigenvalue weighted by Crippen LogP contribution is -2.20. The van der Waals surface area contributed by atoms with Crippen LogP contribution in [0.15, 0.2) is 36.5 Å². The topological polar surface area (TPSA) is 38.9 Å². The van der Waals surface area contributed by atoms with E-state index in [2.05, 4.69) is 31.0 Å². The monoisotopic (exact) mass is 228 g/mol. The van der Waals surface area contributed by atoms with Crippen LogP contribution in [-0.4, -0.2) is 4.98 Å².